The molecule has 3 aliphatic rings. The number of amides is 2. The minimum Gasteiger partial charge on any atom is -0.464 e. The maximum Gasteiger partial charge on any atom is 0.355 e. The monoisotopic (exact) mass is 662 g/mol. The molecule has 5 atom stereocenters. The second kappa shape index (κ2) is 12.6. The number of para-hydroxylation sites is 1. The van der Waals surface area contributed by atoms with Crippen LogP contribution in [-0.2, 0) is 16.0 Å². The smallest absolute Gasteiger partial charge is 0.355 e. The molecule has 3 saturated carbocycles. The molecule has 2 heterocycles. The summed E-state index contributed by atoms with van der Waals surface area (Å²) in [5, 5.41) is 17.2. The van der Waals surface area contributed by atoms with Crippen LogP contribution < -0.4 is 16.1 Å². The Morgan fingerprint density at radius 1 is 1.02 bits per heavy atom. The lowest BCUT2D eigenvalue weighted by Gasteiger charge is -2.42. The Hall–Kier alpha value is -4.83. The first-order valence-corrected chi connectivity index (χ1v) is 17.1. The van der Waals surface area contributed by atoms with E-state index in [0.717, 1.165) is 44.1 Å². The number of benzene rings is 2. The first-order valence-electron chi connectivity index (χ1n) is 17.1. The maximum absolute atomic E-state index is 13.9. The van der Waals surface area contributed by atoms with E-state index in [-0.39, 0.29) is 46.5 Å². The number of methoxy groups -OCH3 is 1. The molecule has 0 aliphatic heterocycles. The van der Waals surface area contributed by atoms with Gasteiger partial charge in [0.1, 0.15) is 16.9 Å². The summed E-state index contributed by atoms with van der Waals surface area (Å²) in [5.74, 6) is 0.112. The zero-order valence-corrected chi connectivity index (χ0v) is 28.1. The highest BCUT2D eigenvalue weighted by Gasteiger charge is 2.53. The molecule has 0 radical (unpaired) electrons. The van der Waals surface area contributed by atoms with Gasteiger partial charge < -0.3 is 20.5 Å². The van der Waals surface area contributed by atoms with E-state index in [4.69, 9.17) is 4.74 Å². The molecule has 2 amide bonds. The second-order valence-corrected chi connectivity index (χ2v) is 14.6. The summed E-state index contributed by atoms with van der Waals surface area (Å²) in [7, 11) is 1.29. The number of aliphatic hydroxyl groups is 1. The molecule has 10 nitrogen and oxygen atoms in total. The number of nitrogens with zero attached hydrogens (tertiary/aromatic N) is 2. The van der Waals surface area contributed by atoms with E-state index in [1.165, 1.54) is 21.0 Å². The lowest BCUT2D eigenvalue weighted by atomic mass is 9.73. The van der Waals surface area contributed by atoms with Gasteiger partial charge in [-0.15, -0.1) is 0 Å². The van der Waals surface area contributed by atoms with Crippen LogP contribution in [0.1, 0.15) is 84.3 Å². The van der Waals surface area contributed by atoms with E-state index in [9.17, 15) is 24.3 Å². The fourth-order valence-electron chi connectivity index (χ4n) is 8.69. The third-order valence-electron chi connectivity index (χ3n) is 10.9. The number of fused-ring (bicyclic) bond motifs is 3. The van der Waals surface area contributed by atoms with Crippen LogP contribution in [0.4, 0.5) is 0 Å². The van der Waals surface area contributed by atoms with Gasteiger partial charge >= 0.3 is 5.97 Å². The van der Waals surface area contributed by atoms with Crippen molar-refractivity contribution in [2.45, 2.75) is 76.0 Å². The summed E-state index contributed by atoms with van der Waals surface area (Å²) in [5.41, 5.74) is 0.608. The molecule has 3 fully saturated rings. The summed E-state index contributed by atoms with van der Waals surface area (Å²) >= 11 is 0. The van der Waals surface area contributed by atoms with Crippen molar-refractivity contribution in [3.8, 4) is 5.69 Å². The van der Waals surface area contributed by atoms with Crippen LogP contribution in [0.25, 0.3) is 16.7 Å². The van der Waals surface area contributed by atoms with Gasteiger partial charge in [0.15, 0.2) is 5.43 Å². The maximum atomic E-state index is 13.9. The number of rotatable bonds is 8. The fraction of sp³-hybridized carbons (Fsp3) is 0.410. The van der Waals surface area contributed by atoms with Crippen LogP contribution in [0.2, 0.25) is 0 Å². The van der Waals surface area contributed by atoms with Gasteiger partial charge in [-0.1, -0.05) is 30.3 Å². The Balaban J connectivity index is 1.13. The molecule has 10 heteroatoms. The van der Waals surface area contributed by atoms with Crippen LogP contribution >= 0.6 is 0 Å². The normalized spacial score (nSPS) is 24.3. The largest absolute Gasteiger partial charge is 0.464 e. The highest BCUT2D eigenvalue weighted by molar-refractivity contribution is 5.95. The second-order valence-electron chi connectivity index (χ2n) is 14.6. The quantitative estimate of drug-likeness (QED) is 0.232. The van der Waals surface area contributed by atoms with Gasteiger partial charge in [-0.25, -0.2) is 9.78 Å². The summed E-state index contributed by atoms with van der Waals surface area (Å²) < 4.78 is 6.85. The standard InChI is InChI=1S/C39H42N4O6/c1-38(2,48)37(47)42-39-16-15-31(29-20-24(21-39)18-26(29)22-39)41-35(45)25-13-11-23(12-14-25)19-30-32(36(46)49-3)43(27-8-5-4-6-9-27)34-28(33(30)44)10-7-17-40-34/h4-14,17,24,26,29,31,48H,15-16,18-22H2,1-3H3,(H,41,45)(H,42,47)/t24-,26?,29+,31-,39+/m1/s1. The molecule has 7 rings (SSSR count). The number of carbonyl (C=O) groups is 3. The summed E-state index contributed by atoms with van der Waals surface area (Å²) in [6, 6.07) is 19.8. The van der Waals surface area contributed by atoms with Gasteiger partial charge in [0.25, 0.3) is 11.8 Å². The highest BCUT2D eigenvalue weighted by atomic mass is 16.5. The molecular formula is C39H42N4O6. The van der Waals surface area contributed by atoms with Crippen molar-refractivity contribution >= 4 is 28.8 Å². The van der Waals surface area contributed by atoms with Crippen molar-refractivity contribution in [2.75, 3.05) is 7.11 Å². The van der Waals surface area contributed by atoms with Crippen LogP contribution in [-0.4, -0.2) is 56.7 Å². The molecule has 1 unspecified atom stereocenters. The van der Waals surface area contributed by atoms with Crippen molar-refractivity contribution in [1.29, 1.82) is 0 Å². The van der Waals surface area contributed by atoms with E-state index in [0.29, 0.717) is 40.0 Å². The van der Waals surface area contributed by atoms with Gasteiger partial charge in [0.05, 0.1) is 12.5 Å². The van der Waals surface area contributed by atoms with E-state index in [1.54, 1.807) is 35.0 Å². The Labute approximate surface area is 284 Å². The third kappa shape index (κ3) is 6.14. The minimum absolute atomic E-state index is 0.00586. The molecule has 0 saturated heterocycles. The molecular weight excluding hydrogens is 620 g/mol. The highest BCUT2D eigenvalue weighted by Crippen LogP contribution is 2.55. The molecule has 2 aromatic heterocycles. The first-order chi connectivity index (χ1) is 23.5. The lowest BCUT2D eigenvalue weighted by Crippen LogP contribution is -2.56. The SMILES string of the molecule is COC(=O)c1c(Cc2ccc(C(=O)N[C@@H]3CC[C@@]4(NC(=O)C(C)(C)O)CC5C[C@H](C[C@@H]53)C4)cc2)c(=O)c2cccnc2n1-c1ccccc1. The Bertz CT molecular complexity index is 1980. The van der Waals surface area contributed by atoms with Crippen LogP contribution in [0.3, 0.4) is 0 Å². The van der Waals surface area contributed by atoms with Crippen molar-refractivity contribution in [1.82, 2.24) is 20.2 Å². The minimum atomic E-state index is -1.44. The topological polar surface area (TPSA) is 140 Å². The van der Waals surface area contributed by atoms with Crippen molar-refractivity contribution < 1.29 is 24.2 Å². The zero-order valence-electron chi connectivity index (χ0n) is 28.1. The fourth-order valence-corrected chi connectivity index (χ4v) is 8.69. The summed E-state index contributed by atoms with van der Waals surface area (Å²) in [4.78, 5) is 58.0. The predicted octanol–water partition coefficient (Wildman–Crippen LogP) is 4.72. The zero-order chi connectivity index (χ0) is 34.5. The van der Waals surface area contributed by atoms with Crippen molar-refractivity contribution in [2.24, 2.45) is 17.8 Å². The first kappa shape index (κ1) is 32.7. The number of carbonyl (C=O) groups excluding carboxylic acids is 3. The number of hydrogen-bond donors (Lipinski definition) is 3. The number of hydrogen-bond acceptors (Lipinski definition) is 7. The third-order valence-corrected chi connectivity index (χ3v) is 10.9. The van der Waals surface area contributed by atoms with Gasteiger partial charge in [-0.2, -0.15) is 0 Å². The predicted molar refractivity (Wildman–Crippen MR) is 185 cm³/mol. The molecule has 4 aromatic rings. The molecule has 0 spiro atoms. The number of pyridine rings is 2. The van der Waals surface area contributed by atoms with Crippen LogP contribution in [0.5, 0.6) is 0 Å². The molecule has 49 heavy (non-hydrogen) atoms. The Morgan fingerprint density at radius 2 is 1.78 bits per heavy atom. The molecule has 254 valence electrons. The average molecular weight is 663 g/mol. The molecule has 3 aliphatic carbocycles. The summed E-state index contributed by atoms with van der Waals surface area (Å²) in [6.07, 6.45) is 7.18. The van der Waals surface area contributed by atoms with E-state index in [1.807, 2.05) is 42.5 Å². The van der Waals surface area contributed by atoms with E-state index >= 15 is 0 Å². The van der Waals surface area contributed by atoms with Crippen molar-refractivity contribution in [3.05, 3.63) is 106 Å². The molecule has 3 bridgehead atoms. The number of esters is 1. The van der Waals surface area contributed by atoms with Gasteiger partial charge in [0, 0.05) is 41.0 Å². The average Bonchev–Trinajstić information content (AvgIpc) is 3.36. The summed E-state index contributed by atoms with van der Waals surface area (Å²) in [6.45, 7) is 3.03. The van der Waals surface area contributed by atoms with Crippen LogP contribution in [0.15, 0.2) is 77.7 Å². The van der Waals surface area contributed by atoms with E-state index < -0.39 is 11.6 Å². The van der Waals surface area contributed by atoms with E-state index in [2.05, 4.69) is 15.6 Å². The number of ether oxygens (including phenoxy) is 1. The Kier molecular flexibility index (Phi) is 8.39. The van der Waals surface area contributed by atoms with Gasteiger partial charge in [0.2, 0.25) is 0 Å². The number of aromatic nitrogens is 2. The van der Waals surface area contributed by atoms with Crippen molar-refractivity contribution in [3.63, 3.8) is 0 Å². The van der Waals surface area contributed by atoms with Crippen LogP contribution in [0, 0.1) is 17.8 Å². The number of nitrogens with one attached hydrogen (secondary N) is 2. The van der Waals surface area contributed by atoms with Gasteiger partial charge in [-0.05, 0) is 112 Å². The molecule has 2 aromatic carbocycles. The Morgan fingerprint density at radius 3 is 2.49 bits per heavy atom. The van der Waals surface area contributed by atoms with Gasteiger partial charge in [-0.3, -0.25) is 19.0 Å². The molecule has 3 N–H and O–H groups in total. The lowest BCUT2D eigenvalue weighted by molar-refractivity contribution is -0.139.